The lowest BCUT2D eigenvalue weighted by molar-refractivity contribution is 0.0293. The number of hydrogen-bond acceptors (Lipinski definition) is 4. The summed E-state index contributed by atoms with van der Waals surface area (Å²) in [6.45, 7) is 7.04. The number of carbonyl (C=O) groups excluding carboxylic acids is 1. The van der Waals surface area contributed by atoms with E-state index >= 15 is 0 Å². The minimum Gasteiger partial charge on any atom is -0.444 e. The van der Waals surface area contributed by atoms with E-state index in [0.717, 1.165) is 18.7 Å². The molecule has 1 aromatic rings. The third-order valence-electron chi connectivity index (χ3n) is 2.87. The predicted molar refractivity (Wildman–Crippen MR) is 74.1 cm³/mol. The minimum absolute atomic E-state index is 0.233. The van der Waals surface area contributed by atoms with Crippen molar-refractivity contribution in [2.45, 2.75) is 38.8 Å². The Morgan fingerprint density at radius 2 is 2.32 bits per heavy atom. The van der Waals surface area contributed by atoms with Gasteiger partial charge in [-0.05, 0) is 39.3 Å². The van der Waals surface area contributed by atoms with Crippen molar-refractivity contribution in [3.63, 3.8) is 0 Å². The molecule has 0 aromatic carbocycles. The Kier molecular flexibility index (Phi) is 3.93. The number of pyridine rings is 1. The van der Waals surface area contributed by atoms with Gasteiger partial charge in [-0.3, -0.25) is 4.98 Å². The molecular formula is C14H21N3O2. The third kappa shape index (κ3) is 4.12. The van der Waals surface area contributed by atoms with Gasteiger partial charge < -0.3 is 15.0 Å². The molecule has 5 heteroatoms. The number of amides is 1. The molecule has 1 fully saturated rings. The Morgan fingerprint density at radius 1 is 1.53 bits per heavy atom. The van der Waals surface area contributed by atoms with Crippen molar-refractivity contribution in [1.82, 2.24) is 9.88 Å². The molecule has 0 aliphatic carbocycles. The van der Waals surface area contributed by atoms with E-state index in [1.807, 2.05) is 32.9 Å². The summed E-state index contributed by atoms with van der Waals surface area (Å²) < 4.78 is 5.37. The summed E-state index contributed by atoms with van der Waals surface area (Å²) >= 11 is 0. The summed E-state index contributed by atoms with van der Waals surface area (Å²) in [5, 5.41) is 3.38. The fourth-order valence-corrected chi connectivity index (χ4v) is 2.05. The molecule has 0 radical (unpaired) electrons. The largest absolute Gasteiger partial charge is 0.444 e. The second kappa shape index (κ2) is 5.47. The maximum atomic E-state index is 11.9. The Hall–Kier alpha value is -1.78. The maximum absolute atomic E-state index is 11.9. The third-order valence-corrected chi connectivity index (χ3v) is 2.87. The number of ether oxygens (including phenoxy) is 1. The zero-order chi connectivity index (χ0) is 13.9. The molecule has 19 heavy (non-hydrogen) atoms. The molecule has 1 amide bonds. The molecule has 1 N–H and O–H groups in total. The van der Waals surface area contributed by atoms with Gasteiger partial charge in [0.25, 0.3) is 0 Å². The molecule has 2 rings (SSSR count). The number of anilines is 1. The first kappa shape index (κ1) is 13.6. The first-order valence-corrected chi connectivity index (χ1v) is 6.58. The van der Waals surface area contributed by atoms with Crippen molar-refractivity contribution in [3.05, 3.63) is 24.5 Å². The van der Waals surface area contributed by atoms with Crippen LogP contribution in [0.15, 0.2) is 24.5 Å². The molecule has 2 heterocycles. The summed E-state index contributed by atoms with van der Waals surface area (Å²) in [4.78, 5) is 17.7. The molecule has 1 aliphatic rings. The molecule has 1 saturated heterocycles. The average molecular weight is 263 g/mol. The first-order valence-electron chi connectivity index (χ1n) is 6.58. The van der Waals surface area contributed by atoms with Crippen molar-refractivity contribution in [2.75, 3.05) is 18.4 Å². The second-order valence-electron chi connectivity index (χ2n) is 5.80. The van der Waals surface area contributed by atoms with Gasteiger partial charge in [-0.25, -0.2) is 4.79 Å². The number of carbonyl (C=O) groups is 1. The van der Waals surface area contributed by atoms with Gasteiger partial charge in [0.2, 0.25) is 0 Å². The Balaban J connectivity index is 1.85. The normalized spacial score (nSPS) is 19.3. The number of nitrogens with one attached hydrogen (secondary N) is 1. The molecular weight excluding hydrogens is 242 g/mol. The Morgan fingerprint density at radius 3 is 2.95 bits per heavy atom. The topological polar surface area (TPSA) is 54.5 Å². The lowest BCUT2D eigenvalue weighted by atomic mass is 10.2. The van der Waals surface area contributed by atoms with E-state index in [0.29, 0.717) is 6.54 Å². The highest BCUT2D eigenvalue weighted by molar-refractivity contribution is 5.68. The minimum atomic E-state index is -0.439. The quantitative estimate of drug-likeness (QED) is 0.890. The van der Waals surface area contributed by atoms with Crippen LogP contribution >= 0.6 is 0 Å². The summed E-state index contributed by atoms with van der Waals surface area (Å²) in [6.07, 6.45) is 4.22. The van der Waals surface area contributed by atoms with Crippen LogP contribution in [0.3, 0.4) is 0 Å². The van der Waals surface area contributed by atoms with Crippen molar-refractivity contribution in [2.24, 2.45) is 0 Å². The number of aromatic nitrogens is 1. The second-order valence-corrected chi connectivity index (χ2v) is 5.80. The van der Waals surface area contributed by atoms with Gasteiger partial charge in [-0.2, -0.15) is 0 Å². The van der Waals surface area contributed by atoms with Gasteiger partial charge in [0, 0.05) is 31.5 Å². The summed E-state index contributed by atoms with van der Waals surface area (Å²) in [5.41, 5.74) is 0.546. The molecule has 0 spiro atoms. The molecule has 1 aromatic heterocycles. The van der Waals surface area contributed by atoms with Gasteiger partial charge in [-0.15, -0.1) is 0 Å². The summed E-state index contributed by atoms with van der Waals surface area (Å²) in [5.74, 6) is 0. The highest BCUT2D eigenvalue weighted by Gasteiger charge is 2.29. The van der Waals surface area contributed by atoms with E-state index in [2.05, 4.69) is 10.3 Å². The maximum Gasteiger partial charge on any atom is 0.410 e. The fraction of sp³-hybridized carbons (Fsp3) is 0.571. The lowest BCUT2D eigenvalue weighted by Crippen LogP contribution is -2.36. The van der Waals surface area contributed by atoms with Crippen LogP contribution in [0.1, 0.15) is 27.2 Å². The fourth-order valence-electron chi connectivity index (χ4n) is 2.05. The number of likely N-dealkylation sites (tertiary alicyclic amines) is 1. The van der Waals surface area contributed by atoms with Gasteiger partial charge in [0.1, 0.15) is 5.60 Å². The molecule has 104 valence electrons. The van der Waals surface area contributed by atoms with Crippen LogP contribution in [0, 0.1) is 0 Å². The zero-order valence-electron chi connectivity index (χ0n) is 11.7. The van der Waals surface area contributed by atoms with Gasteiger partial charge >= 0.3 is 6.09 Å². The Bertz CT molecular complexity index is 428. The van der Waals surface area contributed by atoms with E-state index in [9.17, 15) is 4.79 Å². The zero-order valence-corrected chi connectivity index (χ0v) is 11.7. The molecule has 0 saturated carbocycles. The average Bonchev–Trinajstić information content (AvgIpc) is 2.77. The van der Waals surface area contributed by atoms with Gasteiger partial charge in [0.05, 0.1) is 5.69 Å². The van der Waals surface area contributed by atoms with Crippen LogP contribution in [0.25, 0.3) is 0 Å². The van der Waals surface area contributed by atoms with Crippen molar-refractivity contribution in [3.8, 4) is 0 Å². The highest BCUT2D eigenvalue weighted by atomic mass is 16.6. The van der Waals surface area contributed by atoms with E-state index in [1.54, 1.807) is 17.3 Å². The van der Waals surface area contributed by atoms with Crippen molar-refractivity contribution in [1.29, 1.82) is 0 Å². The molecule has 0 unspecified atom stereocenters. The molecule has 1 aliphatic heterocycles. The SMILES string of the molecule is CC(C)(C)OC(=O)N1CC[C@H](Nc2cccnc2)C1. The van der Waals surface area contributed by atoms with Crippen LogP contribution in [0.4, 0.5) is 10.5 Å². The Labute approximate surface area is 114 Å². The number of rotatable bonds is 2. The number of nitrogens with zero attached hydrogens (tertiary/aromatic N) is 2. The standard InChI is InChI=1S/C14H21N3O2/c1-14(2,3)19-13(18)17-8-6-12(10-17)16-11-5-4-7-15-9-11/h4-5,7,9,12,16H,6,8,10H2,1-3H3/t12-/m0/s1. The van der Waals surface area contributed by atoms with Crippen LogP contribution in [-0.2, 0) is 4.74 Å². The van der Waals surface area contributed by atoms with Crippen molar-refractivity contribution < 1.29 is 9.53 Å². The van der Waals surface area contributed by atoms with Gasteiger partial charge in [-0.1, -0.05) is 0 Å². The smallest absolute Gasteiger partial charge is 0.410 e. The molecule has 1 atom stereocenters. The van der Waals surface area contributed by atoms with E-state index in [1.165, 1.54) is 0 Å². The lowest BCUT2D eigenvalue weighted by Gasteiger charge is -2.24. The summed E-state index contributed by atoms with van der Waals surface area (Å²) in [7, 11) is 0. The molecule has 5 nitrogen and oxygen atoms in total. The van der Waals surface area contributed by atoms with E-state index < -0.39 is 5.60 Å². The van der Waals surface area contributed by atoms with E-state index in [-0.39, 0.29) is 12.1 Å². The predicted octanol–water partition coefficient (Wildman–Crippen LogP) is 2.50. The van der Waals surface area contributed by atoms with Crippen LogP contribution < -0.4 is 5.32 Å². The van der Waals surface area contributed by atoms with Crippen molar-refractivity contribution >= 4 is 11.8 Å². The summed E-state index contributed by atoms with van der Waals surface area (Å²) in [6, 6.07) is 4.13. The monoisotopic (exact) mass is 263 g/mol. The van der Waals surface area contributed by atoms with Crippen LogP contribution in [-0.4, -0.2) is 40.7 Å². The van der Waals surface area contributed by atoms with E-state index in [4.69, 9.17) is 4.74 Å². The van der Waals surface area contributed by atoms with Gasteiger partial charge in [0.15, 0.2) is 0 Å². The number of hydrogen-bond donors (Lipinski definition) is 1. The highest BCUT2D eigenvalue weighted by Crippen LogP contribution is 2.18. The van der Waals surface area contributed by atoms with Crippen LogP contribution in [0.5, 0.6) is 0 Å². The van der Waals surface area contributed by atoms with Crippen LogP contribution in [0.2, 0.25) is 0 Å². The molecule has 0 bridgehead atoms. The first-order chi connectivity index (χ1) is 8.94.